The van der Waals surface area contributed by atoms with E-state index >= 15 is 0 Å². The van der Waals surface area contributed by atoms with E-state index in [2.05, 4.69) is 5.32 Å². The van der Waals surface area contributed by atoms with Crippen LogP contribution in [0.3, 0.4) is 0 Å². The highest BCUT2D eigenvalue weighted by atomic mass is 16.6. The Balaban J connectivity index is 3.09. The van der Waals surface area contributed by atoms with Crippen LogP contribution in [0.1, 0.15) is 36.2 Å². The molecule has 0 radical (unpaired) electrons. The summed E-state index contributed by atoms with van der Waals surface area (Å²) in [5.74, 6) is -0.394. The zero-order valence-electron chi connectivity index (χ0n) is 10.2. The van der Waals surface area contributed by atoms with Crippen molar-refractivity contribution in [2.24, 2.45) is 0 Å². The van der Waals surface area contributed by atoms with Gasteiger partial charge in [0.2, 0.25) is 0 Å². The van der Waals surface area contributed by atoms with E-state index in [9.17, 15) is 14.9 Å². The van der Waals surface area contributed by atoms with E-state index in [4.69, 9.17) is 0 Å². The molecule has 0 spiro atoms. The van der Waals surface area contributed by atoms with Gasteiger partial charge in [-0.05, 0) is 26.3 Å². The van der Waals surface area contributed by atoms with Gasteiger partial charge in [-0.3, -0.25) is 14.9 Å². The number of hydrogen-bond donors (Lipinski definition) is 1. The smallest absolute Gasteiger partial charge is 0.285 e. The number of hydrogen-bond acceptors (Lipinski definition) is 3. The lowest BCUT2D eigenvalue weighted by atomic mass is 10.1. The molecule has 1 aromatic rings. The van der Waals surface area contributed by atoms with Crippen LogP contribution in [-0.2, 0) is 0 Å². The first kappa shape index (κ1) is 13.2. The molecule has 0 aliphatic rings. The van der Waals surface area contributed by atoms with Gasteiger partial charge >= 0.3 is 0 Å². The van der Waals surface area contributed by atoms with Crippen LogP contribution < -0.4 is 5.32 Å². The van der Waals surface area contributed by atoms with Crippen LogP contribution in [0.15, 0.2) is 18.2 Å². The number of nitrogens with zero attached hydrogens (tertiary/aromatic N) is 1. The van der Waals surface area contributed by atoms with Crippen molar-refractivity contribution in [2.75, 3.05) is 0 Å². The number of nitro groups is 1. The summed E-state index contributed by atoms with van der Waals surface area (Å²) in [7, 11) is 0. The van der Waals surface area contributed by atoms with E-state index in [1.807, 2.05) is 13.8 Å². The maximum Gasteiger partial charge on any atom is 0.285 e. The number of nitrogens with one attached hydrogen (secondary N) is 1. The third kappa shape index (κ3) is 3.03. The topological polar surface area (TPSA) is 72.2 Å². The van der Waals surface area contributed by atoms with E-state index in [0.717, 1.165) is 6.42 Å². The predicted molar refractivity (Wildman–Crippen MR) is 65.1 cm³/mol. The normalized spacial score (nSPS) is 11.9. The zero-order valence-corrected chi connectivity index (χ0v) is 10.2. The van der Waals surface area contributed by atoms with E-state index in [-0.39, 0.29) is 17.3 Å². The minimum absolute atomic E-state index is 0.00242. The van der Waals surface area contributed by atoms with Gasteiger partial charge in [0.05, 0.1) is 4.92 Å². The van der Waals surface area contributed by atoms with Crippen LogP contribution in [0.25, 0.3) is 0 Å². The number of para-hydroxylation sites is 1. The molecule has 1 aromatic carbocycles. The molecule has 0 heterocycles. The summed E-state index contributed by atoms with van der Waals surface area (Å²) in [6.45, 7) is 5.42. The molecule has 0 aromatic heterocycles. The molecule has 5 heteroatoms. The van der Waals surface area contributed by atoms with Crippen molar-refractivity contribution in [2.45, 2.75) is 33.2 Å². The van der Waals surface area contributed by atoms with Crippen molar-refractivity contribution in [3.8, 4) is 0 Å². The summed E-state index contributed by atoms with van der Waals surface area (Å²) in [4.78, 5) is 22.3. The average Bonchev–Trinajstić information content (AvgIpc) is 2.27. The molecule has 0 saturated heterocycles. The summed E-state index contributed by atoms with van der Waals surface area (Å²) < 4.78 is 0. The molecule has 92 valence electrons. The second-order valence-corrected chi connectivity index (χ2v) is 4.01. The number of carbonyl (C=O) groups excluding carboxylic acids is 1. The van der Waals surface area contributed by atoms with Crippen molar-refractivity contribution in [1.82, 2.24) is 5.32 Å². The van der Waals surface area contributed by atoms with Gasteiger partial charge in [-0.15, -0.1) is 0 Å². The molecule has 1 unspecified atom stereocenters. The van der Waals surface area contributed by atoms with Crippen LogP contribution in [0.5, 0.6) is 0 Å². The summed E-state index contributed by atoms with van der Waals surface area (Å²) in [6, 6.07) is 4.75. The van der Waals surface area contributed by atoms with Gasteiger partial charge < -0.3 is 5.32 Å². The number of aryl methyl sites for hydroxylation is 1. The highest BCUT2D eigenvalue weighted by Gasteiger charge is 2.22. The van der Waals surface area contributed by atoms with Crippen LogP contribution in [0.4, 0.5) is 5.69 Å². The van der Waals surface area contributed by atoms with E-state index in [1.165, 1.54) is 6.07 Å². The van der Waals surface area contributed by atoms with Gasteiger partial charge in [-0.25, -0.2) is 0 Å². The predicted octanol–water partition coefficient (Wildman–Crippen LogP) is 2.43. The van der Waals surface area contributed by atoms with Crippen LogP contribution in [0.2, 0.25) is 0 Å². The van der Waals surface area contributed by atoms with Crippen molar-refractivity contribution in [3.05, 3.63) is 39.4 Å². The molecular weight excluding hydrogens is 220 g/mol. The zero-order chi connectivity index (χ0) is 13.0. The second kappa shape index (κ2) is 5.43. The summed E-state index contributed by atoms with van der Waals surface area (Å²) in [6.07, 6.45) is 0.783. The van der Waals surface area contributed by atoms with Gasteiger partial charge in [0, 0.05) is 11.6 Å². The first-order valence-electron chi connectivity index (χ1n) is 5.52. The molecule has 0 bridgehead atoms. The summed E-state index contributed by atoms with van der Waals surface area (Å²) in [5, 5.41) is 13.7. The Bertz CT molecular complexity index is 443. The molecule has 1 atom stereocenters. The summed E-state index contributed by atoms with van der Waals surface area (Å²) in [5.41, 5.74) is 0.496. The molecule has 1 N–H and O–H groups in total. The molecular formula is C12H16N2O3. The fraction of sp³-hybridized carbons (Fsp3) is 0.417. The number of benzene rings is 1. The van der Waals surface area contributed by atoms with Gasteiger partial charge in [0.15, 0.2) is 0 Å². The number of nitro benzene ring substituents is 1. The Morgan fingerprint density at radius 2 is 2.18 bits per heavy atom. The minimum atomic E-state index is -0.513. The Morgan fingerprint density at radius 1 is 1.53 bits per heavy atom. The molecule has 17 heavy (non-hydrogen) atoms. The number of rotatable bonds is 4. The lowest BCUT2D eigenvalue weighted by Crippen LogP contribution is -2.32. The van der Waals surface area contributed by atoms with Crippen LogP contribution >= 0.6 is 0 Å². The van der Waals surface area contributed by atoms with Gasteiger partial charge in [0.25, 0.3) is 11.6 Å². The largest absolute Gasteiger partial charge is 0.349 e. The quantitative estimate of drug-likeness (QED) is 0.644. The molecule has 0 aliphatic carbocycles. The lowest BCUT2D eigenvalue weighted by molar-refractivity contribution is -0.385. The average molecular weight is 236 g/mol. The van der Waals surface area contributed by atoms with Crippen molar-refractivity contribution < 1.29 is 9.72 Å². The van der Waals surface area contributed by atoms with Crippen molar-refractivity contribution >= 4 is 11.6 Å². The third-order valence-electron chi connectivity index (χ3n) is 2.65. The lowest BCUT2D eigenvalue weighted by Gasteiger charge is -2.11. The minimum Gasteiger partial charge on any atom is -0.349 e. The Labute approximate surface area is 100.0 Å². The molecule has 0 fully saturated rings. The monoisotopic (exact) mass is 236 g/mol. The van der Waals surface area contributed by atoms with E-state index < -0.39 is 10.8 Å². The number of carbonyl (C=O) groups is 1. The van der Waals surface area contributed by atoms with Gasteiger partial charge in [0.1, 0.15) is 5.56 Å². The standard InChI is InChI=1S/C12H16N2O3/c1-4-9(3)13-12(15)10-7-5-6-8(2)11(10)14(16)17/h5-7,9H,4H2,1-3H3,(H,13,15). The van der Waals surface area contributed by atoms with E-state index in [1.54, 1.807) is 19.1 Å². The Kier molecular flexibility index (Phi) is 4.20. The second-order valence-electron chi connectivity index (χ2n) is 4.01. The van der Waals surface area contributed by atoms with Crippen molar-refractivity contribution in [3.63, 3.8) is 0 Å². The first-order chi connectivity index (χ1) is 7.97. The molecule has 1 amide bonds. The van der Waals surface area contributed by atoms with Crippen LogP contribution in [-0.4, -0.2) is 16.9 Å². The molecule has 0 aliphatic heterocycles. The first-order valence-corrected chi connectivity index (χ1v) is 5.52. The summed E-state index contributed by atoms with van der Waals surface area (Å²) >= 11 is 0. The maximum absolute atomic E-state index is 11.9. The number of amides is 1. The molecule has 1 rings (SSSR count). The molecule has 0 saturated carbocycles. The van der Waals surface area contributed by atoms with Crippen molar-refractivity contribution in [1.29, 1.82) is 0 Å². The molecule has 5 nitrogen and oxygen atoms in total. The fourth-order valence-electron chi connectivity index (χ4n) is 1.49. The third-order valence-corrected chi connectivity index (χ3v) is 2.65. The fourth-order valence-corrected chi connectivity index (χ4v) is 1.49. The highest BCUT2D eigenvalue weighted by molar-refractivity contribution is 5.98. The van der Waals surface area contributed by atoms with Gasteiger partial charge in [-0.2, -0.15) is 0 Å². The van der Waals surface area contributed by atoms with Crippen LogP contribution in [0, 0.1) is 17.0 Å². The highest BCUT2D eigenvalue weighted by Crippen LogP contribution is 2.22. The SMILES string of the molecule is CCC(C)NC(=O)c1cccc(C)c1[N+](=O)[O-]. The Hall–Kier alpha value is -1.91. The van der Waals surface area contributed by atoms with Gasteiger partial charge in [-0.1, -0.05) is 19.1 Å². The van der Waals surface area contributed by atoms with E-state index in [0.29, 0.717) is 5.56 Å². The Morgan fingerprint density at radius 3 is 2.71 bits per heavy atom. The maximum atomic E-state index is 11.9.